The molecule has 0 aliphatic carbocycles. The largest absolute Gasteiger partial charge is 0.297 e. The molecule has 1 fully saturated rings. The third-order valence-electron chi connectivity index (χ3n) is 2.75. The molecular formula is C14H17N. The fourth-order valence-corrected chi connectivity index (χ4v) is 1.89. The molecule has 1 nitrogen and oxygen atoms in total. The summed E-state index contributed by atoms with van der Waals surface area (Å²) < 4.78 is 0. The summed E-state index contributed by atoms with van der Waals surface area (Å²) >= 11 is 0. The van der Waals surface area contributed by atoms with Crippen LogP contribution in [-0.4, -0.2) is 18.5 Å². The first-order valence-electron chi connectivity index (χ1n) is 5.53. The molecule has 15 heavy (non-hydrogen) atoms. The molecule has 0 saturated carbocycles. The predicted octanol–water partition coefficient (Wildman–Crippen LogP) is 3.08. The average Bonchev–Trinajstić information content (AvgIpc) is 2.66. The highest BCUT2D eigenvalue weighted by atomic mass is 15.1. The molecule has 1 aromatic rings. The van der Waals surface area contributed by atoms with Gasteiger partial charge in [0.25, 0.3) is 0 Å². The number of hydrogen-bond donors (Lipinski definition) is 0. The zero-order chi connectivity index (χ0) is 10.5. The molecule has 78 valence electrons. The SMILES string of the molecule is CN1[C]C(C/C=C/c2ccccc2)CC1. The summed E-state index contributed by atoms with van der Waals surface area (Å²) in [6.45, 7) is 4.58. The van der Waals surface area contributed by atoms with Gasteiger partial charge in [-0.05, 0) is 37.9 Å². The van der Waals surface area contributed by atoms with E-state index in [0.717, 1.165) is 13.0 Å². The van der Waals surface area contributed by atoms with Gasteiger partial charge < -0.3 is 0 Å². The number of rotatable bonds is 3. The molecule has 1 heteroatoms. The Morgan fingerprint density at radius 3 is 2.87 bits per heavy atom. The third kappa shape index (κ3) is 3.21. The molecule has 0 spiro atoms. The van der Waals surface area contributed by atoms with Crippen LogP contribution in [0.15, 0.2) is 36.4 Å². The van der Waals surface area contributed by atoms with Crippen molar-refractivity contribution in [3.8, 4) is 0 Å². The Hall–Kier alpha value is -1.08. The van der Waals surface area contributed by atoms with Crippen LogP contribution < -0.4 is 0 Å². The average molecular weight is 199 g/mol. The summed E-state index contributed by atoms with van der Waals surface area (Å²) in [6.07, 6.45) is 6.81. The standard InChI is InChI=1S/C14H17N/c1-15-11-10-14(12-15)9-5-8-13-6-3-2-4-7-13/h2-8,14H,9-11H2,1H3/b8-5+. The van der Waals surface area contributed by atoms with Crippen LogP contribution in [0.1, 0.15) is 18.4 Å². The maximum absolute atomic E-state index is 3.42. The second kappa shape index (κ2) is 5.13. The number of nitrogens with zero attached hydrogens (tertiary/aromatic N) is 1. The van der Waals surface area contributed by atoms with Crippen molar-refractivity contribution in [1.82, 2.24) is 4.90 Å². The fourth-order valence-electron chi connectivity index (χ4n) is 1.89. The molecule has 1 atom stereocenters. The molecule has 0 aromatic heterocycles. The topological polar surface area (TPSA) is 3.24 Å². The lowest BCUT2D eigenvalue weighted by molar-refractivity contribution is 0.467. The highest BCUT2D eigenvalue weighted by Gasteiger charge is 2.18. The summed E-state index contributed by atoms with van der Waals surface area (Å²) in [4.78, 5) is 2.17. The van der Waals surface area contributed by atoms with Gasteiger partial charge in [-0.25, -0.2) is 0 Å². The van der Waals surface area contributed by atoms with Crippen molar-refractivity contribution in [2.45, 2.75) is 12.8 Å². The normalized spacial score (nSPS) is 22.6. The number of likely N-dealkylation sites (tertiary alicyclic amines) is 1. The molecule has 1 saturated heterocycles. The van der Waals surface area contributed by atoms with Crippen LogP contribution in [0.3, 0.4) is 0 Å². The summed E-state index contributed by atoms with van der Waals surface area (Å²) in [5.41, 5.74) is 1.28. The number of benzene rings is 1. The van der Waals surface area contributed by atoms with E-state index >= 15 is 0 Å². The summed E-state index contributed by atoms with van der Waals surface area (Å²) in [5, 5.41) is 0. The molecule has 1 aliphatic rings. The lowest BCUT2D eigenvalue weighted by Crippen LogP contribution is -2.07. The van der Waals surface area contributed by atoms with Gasteiger partial charge in [0.15, 0.2) is 0 Å². The zero-order valence-electron chi connectivity index (χ0n) is 9.19. The van der Waals surface area contributed by atoms with E-state index in [-0.39, 0.29) is 0 Å². The summed E-state index contributed by atoms with van der Waals surface area (Å²) in [5.74, 6) is 0.620. The van der Waals surface area contributed by atoms with E-state index in [9.17, 15) is 0 Å². The van der Waals surface area contributed by atoms with Crippen molar-refractivity contribution in [2.75, 3.05) is 13.6 Å². The van der Waals surface area contributed by atoms with E-state index in [0.29, 0.717) is 5.92 Å². The van der Waals surface area contributed by atoms with Gasteiger partial charge in [0.2, 0.25) is 0 Å². The van der Waals surface area contributed by atoms with Crippen molar-refractivity contribution in [1.29, 1.82) is 0 Å². The Kier molecular flexibility index (Phi) is 3.57. The van der Waals surface area contributed by atoms with Crippen LogP contribution in [0.4, 0.5) is 0 Å². The maximum atomic E-state index is 3.42. The molecule has 0 N–H and O–H groups in total. The van der Waals surface area contributed by atoms with E-state index in [1.165, 1.54) is 12.0 Å². The van der Waals surface area contributed by atoms with Gasteiger partial charge in [0, 0.05) is 0 Å². The van der Waals surface area contributed by atoms with Crippen LogP contribution in [0, 0.1) is 12.5 Å². The van der Waals surface area contributed by atoms with E-state index in [1.54, 1.807) is 0 Å². The Balaban J connectivity index is 1.81. The molecular weight excluding hydrogens is 182 g/mol. The van der Waals surface area contributed by atoms with Crippen LogP contribution in [-0.2, 0) is 0 Å². The van der Waals surface area contributed by atoms with Crippen molar-refractivity contribution >= 4 is 6.08 Å². The summed E-state index contributed by atoms with van der Waals surface area (Å²) in [7, 11) is 2.10. The van der Waals surface area contributed by atoms with Gasteiger partial charge in [-0.15, -0.1) is 0 Å². The lowest BCUT2D eigenvalue weighted by atomic mass is 10.0. The molecule has 0 amide bonds. The molecule has 0 bridgehead atoms. The monoisotopic (exact) mass is 199 g/mol. The van der Waals surface area contributed by atoms with Crippen LogP contribution in [0.2, 0.25) is 0 Å². The fraction of sp³-hybridized carbons (Fsp3) is 0.357. The van der Waals surface area contributed by atoms with Gasteiger partial charge in [0.1, 0.15) is 0 Å². The second-order valence-corrected chi connectivity index (χ2v) is 4.09. The van der Waals surface area contributed by atoms with Crippen LogP contribution >= 0.6 is 0 Å². The Morgan fingerprint density at radius 1 is 1.40 bits per heavy atom. The Labute approximate surface area is 92.4 Å². The molecule has 1 aromatic carbocycles. The third-order valence-corrected chi connectivity index (χ3v) is 2.75. The molecule has 2 rings (SSSR count). The van der Waals surface area contributed by atoms with Crippen molar-refractivity contribution < 1.29 is 0 Å². The van der Waals surface area contributed by atoms with Gasteiger partial charge >= 0.3 is 0 Å². The predicted molar refractivity (Wildman–Crippen MR) is 64.1 cm³/mol. The van der Waals surface area contributed by atoms with E-state index in [2.05, 4.69) is 54.9 Å². The minimum Gasteiger partial charge on any atom is -0.297 e. The van der Waals surface area contributed by atoms with Crippen LogP contribution in [0.5, 0.6) is 0 Å². The highest BCUT2D eigenvalue weighted by Crippen LogP contribution is 2.22. The zero-order valence-corrected chi connectivity index (χ0v) is 9.19. The van der Waals surface area contributed by atoms with E-state index in [4.69, 9.17) is 0 Å². The Bertz CT molecular complexity index is 315. The van der Waals surface area contributed by atoms with E-state index in [1.807, 2.05) is 6.07 Å². The first-order valence-corrected chi connectivity index (χ1v) is 5.53. The Morgan fingerprint density at radius 2 is 2.20 bits per heavy atom. The lowest BCUT2D eigenvalue weighted by Gasteiger charge is -2.05. The number of allylic oxidation sites excluding steroid dienone is 1. The van der Waals surface area contributed by atoms with Crippen molar-refractivity contribution in [3.05, 3.63) is 48.5 Å². The second-order valence-electron chi connectivity index (χ2n) is 4.09. The first-order chi connectivity index (χ1) is 7.34. The smallest absolute Gasteiger partial charge is 0.0650 e. The van der Waals surface area contributed by atoms with Crippen LogP contribution in [0.25, 0.3) is 6.08 Å². The minimum atomic E-state index is 0.620. The van der Waals surface area contributed by atoms with Gasteiger partial charge in [0.05, 0.1) is 6.54 Å². The minimum absolute atomic E-state index is 0.620. The van der Waals surface area contributed by atoms with Gasteiger partial charge in [-0.1, -0.05) is 42.5 Å². The highest BCUT2D eigenvalue weighted by molar-refractivity contribution is 5.48. The molecule has 1 heterocycles. The first kappa shape index (κ1) is 10.4. The molecule has 2 radical (unpaired) electrons. The summed E-state index contributed by atoms with van der Waals surface area (Å²) in [6, 6.07) is 10.4. The molecule has 1 aliphatic heterocycles. The van der Waals surface area contributed by atoms with Crippen molar-refractivity contribution in [3.63, 3.8) is 0 Å². The van der Waals surface area contributed by atoms with Gasteiger partial charge in [-0.2, -0.15) is 0 Å². The molecule has 1 unspecified atom stereocenters. The quantitative estimate of drug-likeness (QED) is 0.723. The van der Waals surface area contributed by atoms with E-state index < -0.39 is 0 Å². The maximum Gasteiger partial charge on any atom is 0.0650 e. The van der Waals surface area contributed by atoms with Gasteiger partial charge in [-0.3, -0.25) is 4.90 Å². The van der Waals surface area contributed by atoms with Crippen molar-refractivity contribution in [2.24, 2.45) is 5.92 Å². The number of hydrogen-bond acceptors (Lipinski definition) is 1.